The molecule has 0 saturated carbocycles. The predicted molar refractivity (Wildman–Crippen MR) is 72.7 cm³/mol. The summed E-state index contributed by atoms with van der Waals surface area (Å²) in [5.41, 5.74) is 0.282. The molecule has 0 aromatic heterocycles. The monoisotopic (exact) mass is 277 g/mol. The molecule has 1 atom stereocenters. The zero-order valence-corrected chi connectivity index (χ0v) is 11.5. The minimum atomic E-state index is -0.231. The van der Waals surface area contributed by atoms with E-state index in [2.05, 4.69) is 0 Å². The van der Waals surface area contributed by atoms with Crippen molar-refractivity contribution in [3.05, 3.63) is 29.8 Å². The van der Waals surface area contributed by atoms with Crippen LogP contribution in [0.1, 0.15) is 23.2 Å². The van der Waals surface area contributed by atoms with Gasteiger partial charge in [-0.25, -0.2) is 0 Å². The number of phenolic OH excluding ortho intramolecular Hbond substituents is 1. The number of rotatable bonds is 2. The second-order valence-corrected chi connectivity index (χ2v) is 5.59. The van der Waals surface area contributed by atoms with Gasteiger partial charge in [0.25, 0.3) is 5.91 Å². The molecule has 0 aliphatic carbocycles. The van der Waals surface area contributed by atoms with Crippen LogP contribution in [0.2, 0.25) is 0 Å². The highest BCUT2D eigenvalue weighted by atomic mass is 16.5. The van der Waals surface area contributed by atoms with Crippen LogP contribution >= 0.6 is 0 Å². The van der Waals surface area contributed by atoms with E-state index < -0.39 is 0 Å². The van der Waals surface area contributed by atoms with Crippen LogP contribution in [0.25, 0.3) is 0 Å². The summed E-state index contributed by atoms with van der Waals surface area (Å²) in [7, 11) is 1.72. The van der Waals surface area contributed by atoms with E-state index in [4.69, 9.17) is 9.47 Å². The quantitative estimate of drug-likeness (QED) is 0.888. The number of hydrogen-bond acceptors (Lipinski definition) is 4. The van der Waals surface area contributed by atoms with Gasteiger partial charge < -0.3 is 19.5 Å². The first-order valence-electron chi connectivity index (χ1n) is 6.87. The van der Waals surface area contributed by atoms with E-state index in [1.807, 2.05) is 0 Å². The van der Waals surface area contributed by atoms with Gasteiger partial charge in [-0.05, 0) is 24.6 Å². The van der Waals surface area contributed by atoms with Gasteiger partial charge in [0.1, 0.15) is 11.4 Å². The number of benzene rings is 1. The van der Waals surface area contributed by atoms with Crippen molar-refractivity contribution in [3.8, 4) is 5.75 Å². The Kier molecular flexibility index (Phi) is 3.40. The molecule has 2 saturated heterocycles. The van der Waals surface area contributed by atoms with Crippen molar-refractivity contribution in [3.63, 3.8) is 0 Å². The summed E-state index contributed by atoms with van der Waals surface area (Å²) in [6.07, 6.45) is 1.98. The molecular weight excluding hydrogens is 258 g/mol. The molecule has 2 aliphatic rings. The minimum Gasteiger partial charge on any atom is -0.508 e. The van der Waals surface area contributed by atoms with E-state index in [-0.39, 0.29) is 23.4 Å². The molecule has 2 heterocycles. The average molecular weight is 277 g/mol. The maximum absolute atomic E-state index is 12.3. The normalized spacial score (nSPS) is 24.4. The Hall–Kier alpha value is -1.59. The first-order valence-corrected chi connectivity index (χ1v) is 6.87. The summed E-state index contributed by atoms with van der Waals surface area (Å²) in [4.78, 5) is 14.0. The molecule has 2 aliphatic heterocycles. The first kappa shape index (κ1) is 13.4. The number of aromatic hydroxyl groups is 1. The molecule has 1 aromatic rings. The van der Waals surface area contributed by atoms with Crippen molar-refractivity contribution in [2.24, 2.45) is 0 Å². The second-order valence-electron chi connectivity index (χ2n) is 5.59. The van der Waals surface area contributed by atoms with Crippen LogP contribution in [-0.4, -0.2) is 54.4 Å². The van der Waals surface area contributed by atoms with Gasteiger partial charge in [-0.1, -0.05) is 6.07 Å². The van der Waals surface area contributed by atoms with E-state index in [1.165, 1.54) is 6.07 Å². The number of phenols is 1. The van der Waals surface area contributed by atoms with Gasteiger partial charge in [-0.3, -0.25) is 4.79 Å². The molecule has 0 radical (unpaired) electrons. The number of carbonyl (C=O) groups is 1. The molecule has 5 nitrogen and oxygen atoms in total. The third kappa shape index (κ3) is 2.39. The molecule has 1 unspecified atom stereocenters. The fourth-order valence-electron chi connectivity index (χ4n) is 3.02. The lowest BCUT2D eigenvalue weighted by molar-refractivity contribution is -0.181. The number of methoxy groups -OCH3 is 1. The Bertz CT molecular complexity index is 510. The van der Waals surface area contributed by atoms with Crippen molar-refractivity contribution >= 4 is 5.91 Å². The summed E-state index contributed by atoms with van der Waals surface area (Å²) in [6, 6.07) is 6.44. The van der Waals surface area contributed by atoms with E-state index in [1.54, 1.807) is 30.2 Å². The summed E-state index contributed by atoms with van der Waals surface area (Å²) in [6.45, 7) is 1.88. The van der Waals surface area contributed by atoms with Gasteiger partial charge in [-0.15, -0.1) is 0 Å². The topological polar surface area (TPSA) is 59.0 Å². The fraction of sp³-hybridized carbons (Fsp3) is 0.533. The van der Waals surface area contributed by atoms with E-state index in [0.717, 1.165) is 12.8 Å². The molecule has 20 heavy (non-hydrogen) atoms. The molecule has 0 bridgehead atoms. The molecule has 1 spiro atoms. The number of amides is 1. The SMILES string of the molecule is COC1CCOC2(C1)CN(C(=O)c1cccc(O)c1)C2. The summed E-state index contributed by atoms with van der Waals surface area (Å²) in [5.74, 6) is 0.0501. The van der Waals surface area contributed by atoms with Gasteiger partial charge in [0, 0.05) is 25.7 Å². The van der Waals surface area contributed by atoms with Crippen molar-refractivity contribution in [1.29, 1.82) is 0 Å². The van der Waals surface area contributed by atoms with Gasteiger partial charge >= 0.3 is 0 Å². The smallest absolute Gasteiger partial charge is 0.254 e. The predicted octanol–water partition coefficient (Wildman–Crippen LogP) is 1.41. The third-order valence-electron chi connectivity index (χ3n) is 4.12. The fourth-order valence-corrected chi connectivity index (χ4v) is 3.02. The third-order valence-corrected chi connectivity index (χ3v) is 4.12. The van der Waals surface area contributed by atoms with Crippen molar-refractivity contribution in [2.45, 2.75) is 24.5 Å². The Labute approximate surface area is 118 Å². The van der Waals surface area contributed by atoms with E-state index >= 15 is 0 Å². The Balaban J connectivity index is 1.64. The molecule has 1 N–H and O–H groups in total. The summed E-state index contributed by atoms with van der Waals surface area (Å²) >= 11 is 0. The molecule has 1 aromatic carbocycles. The number of hydrogen-bond donors (Lipinski definition) is 1. The van der Waals surface area contributed by atoms with E-state index in [9.17, 15) is 9.90 Å². The molecule has 108 valence electrons. The van der Waals surface area contributed by atoms with Crippen LogP contribution in [0.3, 0.4) is 0 Å². The number of ether oxygens (including phenoxy) is 2. The van der Waals surface area contributed by atoms with Crippen molar-refractivity contribution < 1.29 is 19.4 Å². The highest BCUT2D eigenvalue weighted by Gasteiger charge is 2.49. The highest BCUT2D eigenvalue weighted by molar-refractivity contribution is 5.95. The summed E-state index contributed by atoms with van der Waals surface area (Å²) < 4.78 is 11.3. The lowest BCUT2D eigenvalue weighted by Gasteiger charge is -2.52. The maximum Gasteiger partial charge on any atom is 0.254 e. The zero-order valence-electron chi connectivity index (χ0n) is 11.5. The Morgan fingerprint density at radius 1 is 1.50 bits per heavy atom. The zero-order chi connectivity index (χ0) is 14.2. The van der Waals surface area contributed by atoms with E-state index in [0.29, 0.717) is 25.3 Å². The standard InChI is InChI=1S/C15H19NO4/c1-19-13-5-6-20-15(8-13)9-16(10-15)14(18)11-3-2-4-12(17)7-11/h2-4,7,13,17H,5-6,8-10H2,1H3. The Morgan fingerprint density at radius 3 is 3.00 bits per heavy atom. The molecule has 2 fully saturated rings. The van der Waals surface area contributed by atoms with Crippen LogP contribution < -0.4 is 0 Å². The van der Waals surface area contributed by atoms with Gasteiger partial charge in [-0.2, -0.15) is 0 Å². The average Bonchev–Trinajstić information content (AvgIpc) is 2.44. The summed E-state index contributed by atoms with van der Waals surface area (Å²) in [5, 5.41) is 9.43. The van der Waals surface area contributed by atoms with Crippen LogP contribution in [-0.2, 0) is 9.47 Å². The lowest BCUT2D eigenvalue weighted by Crippen LogP contribution is -2.67. The van der Waals surface area contributed by atoms with Crippen molar-refractivity contribution in [1.82, 2.24) is 4.90 Å². The van der Waals surface area contributed by atoms with Gasteiger partial charge in [0.2, 0.25) is 0 Å². The van der Waals surface area contributed by atoms with Gasteiger partial charge in [0.15, 0.2) is 0 Å². The first-order chi connectivity index (χ1) is 9.62. The van der Waals surface area contributed by atoms with Crippen LogP contribution in [0.5, 0.6) is 5.75 Å². The van der Waals surface area contributed by atoms with Crippen LogP contribution in [0.15, 0.2) is 24.3 Å². The van der Waals surface area contributed by atoms with Crippen LogP contribution in [0, 0.1) is 0 Å². The minimum absolute atomic E-state index is 0.0605. The second kappa shape index (κ2) is 5.07. The number of carbonyl (C=O) groups excluding carboxylic acids is 1. The highest BCUT2D eigenvalue weighted by Crippen LogP contribution is 2.36. The molecular formula is C15H19NO4. The lowest BCUT2D eigenvalue weighted by atomic mass is 9.84. The van der Waals surface area contributed by atoms with Crippen molar-refractivity contribution in [2.75, 3.05) is 26.8 Å². The van der Waals surface area contributed by atoms with Crippen LogP contribution in [0.4, 0.5) is 0 Å². The largest absolute Gasteiger partial charge is 0.508 e. The maximum atomic E-state index is 12.3. The Morgan fingerprint density at radius 2 is 2.30 bits per heavy atom. The number of nitrogens with zero attached hydrogens (tertiary/aromatic N) is 1. The number of likely N-dealkylation sites (tertiary alicyclic amines) is 1. The molecule has 1 amide bonds. The molecule has 5 heteroatoms. The molecule has 3 rings (SSSR count). The van der Waals surface area contributed by atoms with Gasteiger partial charge in [0.05, 0.1) is 19.2 Å².